The van der Waals surface area contributed by atoms with Gasteiger partial charge in [0.25, 0.3) is 5.91 Å². The van der Waals surface area contributed by atoms with E-state index in [1.54, 1.807) is 7.11 Å². The van der Waals surface area contributed by atoms with E-state index in [0.29, 0.717) is 31.9 Å². The minimum Gasteiger partial charge on any atom is -0.383 e. The molecule has 2 aromatic carbocycles. The van der Waals surface area contributed by atoms with Crippen molar-refractivity contribution in [1.29, 1.82) is 0 Å². The van der Waals surface area contributed by atoms with Crippen molar-refractivity contribution in [3.05, 3.63) is 59.7 Å². The molecule has 0 aromatic heterocycles. The zero-order chi connectivity index (χ0) is 23.8. The number of hydrogen-bond acceptors (Lipinski definition) is 5. The third-order valence-electron chi connectivity index (χ3n) is 5.73. The average molecular weight is 453 g/mol. The standard InChI is InChI=1S/C25H32N4O4/c1-19-4-6-21(7-5-19)25(32)28-14-12-27(13-15-28)23-10-8-22(9-11-23)26-24(31)18-29(20(2)30)16-17-33-3/h4-11H,12-18H2,1-3H3,(H,26,31). The summed E-state index contributed by atoms with van der Waals surface area (Å²) in [5.41, 5.74) is 3.58. The van der Waals surface area contributed by atoms with Crippen LogP contribution in [0.5, 0.6) is 0 Å². The van der Waals surface area contributed by atoms with E-state index in [4.69, 9.17) is 4.74 Å². The molecule has 0 unspecified atom stereocenters. The highest BCUT2D eigenvalue weighted by atomic mass is 16.5. The SMILES string of the molecule is COCCN(CC(=O)Nc1ccc(N2CCN(C(=O)c3ccc(C)cc3)CC2)cc1)C(C)=O. The molecule has 8 nitrogen and oxygen atoms in total. The van der Waals surface area contributed by atoms with Crippen LogP contribution in [-0.4, -0.2) is 80.5 Å². The zero-order valence-electron chi connectivity index (χ0n) is 19.5. The molecule has 0 radical (unpaired) electrons. The quantitative estimate of drug-likeness (QED) is 0.665. The number of rotatable bonds is 8. The molecule has 1 heterocycles. The van der Waals surface area contributed by atoms with Gasteiger partial charge in [0.05, 0.1) is 13.2 Å². The van der Waals surface area contributed by atoms with Crippen molar-refractivity contribution < 1.29 is 19.1 Å². The lowest BCUT2D eigenvalue weighted by Gasteiger charge is -2.36. The van der Waals surface area contributed by atoms with E-state index in [2.05, 4.69) is 10.2 Å². The Morgan fingerprint density at radius 3 is 2.18 bits per heavy atom. The van der Waals surface area contributed by atoms with Crippen molar-refractivity contribution in [3.63, 3.8) is 0 Å². The highest BCUT2D eigenvalue weighted by Crippen LogP contribution is 2.20. The van der Waals surface area contributed by atoms with Crippen molar-refractivity contribution in [2.45, 2.75) is 13.8 Å². The van der Waals surface area contributed by atoms with Crippen LogP contribution in [0.3, 0.4) is 0 Å². The maximum Gasteiger partial charge on any atom is 0.253 e. The lowest BCUT2D eigenvalue weighted by molar-refractivity contribution is -0.133. The first-order chi connectivity index (χ1) is 15.9. The molecule has 1 fully saturated rings. The Morgan fingerprint density at radius 1 is 0.970 bits per heavy atom. The van der Waals surface area contributed by atoms with Crippen molar-refractivity contribution in [3.8, 4) is 0 Å². The van der Waals surface area contributed by atoms with Crippen LogP contribution in [-0.2, 0) is 14.3 Å². The minimum atomic E-state index is -0.253. The van der Waals surface area contributed by atoms with Gasteiger partial charge in [0, 0.05) is 63.7 Å². The number of piperazine rings is 1. The summed E-state index contributed by atoms with van der Waals surface area (Å²) in [7, 11) is 1.56. The Bertz CT molecular complexity index is 951. The van der Waals surface area contributed by atoms with Gasteiger partial charge in [-0.2, -0.15) is 0 Å². The third kappa shape index (κ3) is 6.79. The molecular weight excluding hydrogens is 420 g/mol. The molecule has 0 atom stereocenters. The number of nitrogens with one attached hydrogen (secondary N) is 1. The van der Waals surface area contributed by atoms with E-state index in [1.807, 2.05) is 60.4 Å². The fraction of sp³-hybridized carbons (Fsp3) is 0.400. The summed E-state index contributed by atoms with van der Waals surface area (Å²) >= 11 is 0. The van der Waals surface area contributed by atoms with Gasteiger partial charge >= 0.3 is 0 Å². The molecule has 1 aliphatic rings. The summed E-state index contributed by atoms with van der Waals surface area (Å²) in [6.45, 7) is 6.99. The largest absolute Gasteiger partial charge is 0.383 e. The number of aryl methyl sites for hydroxylation is 1. The monoisotopic (exact) mass is 452 g/mol. The van der Waals surface area contributed by atoms with Crippen LogP contribution in [0.4, 0.5) is 11.4 Å². The summed E-state index contributed by atoms with van der Waals surface area (Å²) < 4.78 is 4.99. The number of methoxy groups -OCH3 is 1. The molecule has 176 valence electrons. The van der Waals surface area contributed by atoms with Crippen molar-refractivity contribution >= 4 is 29.1 Å². The molecule has 1 saturated heterocycles. The zero-order valence-corrected chi connectivity index (χ0v) is 19.5. The molecule has 0 aliphatic carbocycles. The second-order valence-corrected chi connectivity index (χ2v) is 8.17. The Labute approximate surface area is 195 Å². The van der Waals surface area contributed by atoms with Crippen molar-refractivity contribution in [2.24, 2.45) is 0 Å². The molecule has 1 N–H and O–H groups in total. The van der Waals surface area contributed by atoms with E-state index in [1.165, 1.54) is 11.8 Å². The Balaban J connectivity index is 1.50. The van der Waals surface area contributed by atoms with Crippen LogP contribution in [0.25, 0.3) is 0 Å². The summed E-state index contributed by atoms with van der Waals surface area (Å²) in [6, 6.07) is 15.3. The second-order valence-electron chi connectivity index (χ2n) is 8.17. The van der Waals surface area contributed by atoms with E-state index < -0.39 is 0 Å². The highest BCUT2D eigenvalue weighted by Gasteiger charge is 2.22. The number of amides is 3. The number of hydrogen-bond donors (Lipinski definition) is 1. The minimum absolute atomic E-state index is 0.0165. The van der Waals surface area contributed by atoms with Crippen molar-refractivity contribution in [2.75, 3.05) is 63.2 Å². The Kier molecular flexibility index (Phi) is 8.43. The van der Waals surface area contributed by atoms with Crippen LogP contribution in [0, 0.1) is 6.92 Å². The molecule has 3 amide bonds. The summed E-state index contributed by atoms with van der Waals surface area (Å²) in [5.74, 6) is -0.354. The van der Waals surface area contributed by atoms with Crippen LogP contribution in [0.2, 0.25) is 0 Å². The van der Waals surface area contributed by atoms with E-state index in [0.717, 1.165) is 29.9 Å². The van der Waals surface area contributed by atoms with E-state index in [9.17, 15) is 14.4 Å². The van der Waals surface area contributed by atoms with Crippen LogP contribution in [0.15, 0.2) is 48.5 Å². The van der Waals surface area contributed by atoms with Gasteiger partial charge in [-0.3, -0.25) is 14.4 Å². The number of ether oxygens (including phenoxy) is 1. The predicted molar refractivity (Wildman–Crippen MR) is 128 cm³/mol. The maximum atomic E-state index is 12.7. The van der Waals surface area contributed by atoms with E-state index in [-0.39, 0.29) is 24.3 Å². The first-order valence-corrected chi connectivity index (χ1v) is 11.1. The van der Waals surface area contributed by atoms with Gasteiger partial charge in [0.1, 0.15) is 0 Å². The lowest BCUT2D eigenvalue weighted by atomic mass is 10.1. The fourth-order valence-corrected chi connectivity index (χ4v) is 3.73. The maximum absolute atomic E-state index is 12.7. The van der Waals surface area contributed by atoms with Gasteiger partial charge < -0.3 is 24.8 Å². The molecule has 3 rings (SSSR count). The lowest BCUT2D eigenvalue weighted by Crippen LogP contribution is -2.48. The molecule has 2 aromatic rings. The summed E-state index contributed by atoms with van der Waals surface area (Å²) in [4.78, 5) is 42.3. The average Bonchev–Trinajstić information content (AvgIpc) is 2.82. The summed E-state index contributed by atoms with van der Waals surface area (Å²) in [5, 5.41) is 2.83. The number of benzene rings is 2. The van der Waals surface area contributed by atoms with E-state index >= 15 is 0 Å². The number of nitrogens with zero attached hydrogens (tertiary/aromatic N) is 3. The van der Waals surface area contributed by atoms with Crippen LogP contribution < -0.4 is 10.2 Å². The normalized spacial score (nSPS) is 13.5. The molecule has 0 spiro atoms. The molecule has 0 bridgehead atoms. The summed E-state index contributed by atoms with van der Waals surface area (Å²) in [6.07, 6.45) is 0. The Morgan fingerprint density at radius 2 is 1.61 bits per heavy atom. The number of carbonyl (C=O) groups is 3. The van der Waals surface area contributed by atoms with Gasteiger partial charge in [0.15, 0.2) is 0 Å². The molecule has 33 heavy (non-hydrogen) atoms. The second kappa shape index (κ2) is 11.5. The van der Waals surface area contributed by atoms with Gasteiger partial charge in [-0.05, 0) is 43.3 Å². The van der Waals surface area contributed by atoms with Gasteiger partial charge in [-0.25, -0.2) is 0 Å². The van der Waals surface area contributed by atoms with Crippen molar-refractivity contribution in [1.82, 2.24) is 9.80 Å². The molecule has 1 aliphatic heterocycles. The molecule has 0 saturated carbocycles. The smallest absolute Gasteiger partial charge is 0.253 e. The molecular formula is C25H32N4O4. The number of anilines is 2. The van der Waals surface area contributed by atoms with Gasteiger partial charge in [-0.15, -0.1) is 0 Å². The first kappa shape index (κ1) is 24.3. The third-order valence-corrected chi connectivity index (χ3v) is 5.73. The highest BCUT2D eigenvalue weighted by molar-refractivity contribution is 5.95. The van der Waals surface area contributed by atoms with Gasteiger partial charge in [-0.1, -0.05) is 17.7 Å². The molecule has 8 heteroatoms. The van der Waals surface area contributed by atoms with Crippen LogP contribution >= 0.6 is 0 Å². The first-order valence-electron chi connectivity index (χ1n) is 11.1. The van der Waals surface area contributed by atoms with Gasteiger partial charge in [0.2, 0.25) is 11.8 Å². The predicted octanol–water partition coefficient (Wildman–Crippen LogP) is 2.39. The topological polar surface area (TPSA) is 82.2 Å². The number of carbonyl (C=O) groups excluding carboxylic acids is 3. The Hall–Kier alpha value is -3.39. The van der Waals surface area contributed by atoms with Crippen LogP contribution in [0.1, 0.15) is 22.8 Å². The fourth-order valence-electron chi connectivity index (χ4n) is 3.73.